The van der Waals surface area contributed by atoms with Crippen molar-refractivity contribution in [1.82, 2.24) is 20.4 Å². The molecule has 2 N–H and O–H groups in total. The normalized spacial score (nSPS) is 14.6. The summed E-state index contributed by atoms with van der Waals surface area (Å²) in [6.45, 7) is 4.62. The Balaban J connectivity index is 1.29. The Bertz CT molecular complexity index is 1120. The molecule has 0 unspecified atom stereocenters. The number of amides is 2. The number of likely N-dealkylation sites (tertiary alicyclic amines) is 1. The van der Waals surface area contributed by atoms with Crippen molar-refractivity contribution in [2.75, 3.05) is 25.0 Å². The van der Waals surface area contributed by atoms with E-state index < -0.39 is 0 Å². The van der Waals surface area contributed by atoms with Crippen molar-refractivity contribution in [2.45, 2.75) is 32.7 Å². The third-order valence-corrected chi connectivity index (χ3v) is 6.10. The van der Waals surface area contributed by atoms with Crippen LogP contribution in [0, 0.1) is 5.92 Å². The summed E-state index contributed by atoms with van der Waals surface area (Å²) in [5.41, 5.74) is 1.87. The molecule has 1 aliphatic heterocycles. The van der Waals surface area contributed by atoms with Gasteiger partial charge in [0.25, 0.3) is 5.91 Å². The molecule has 0 spiro atoms. The van der Waals surface area contributed by atoms with Crippen LogP contribution in [-0.2, 0) is 11.3 Å². The van der Waals surface area contributed by atoms with Gasteiger partial charge < -0.3 is 15.2 Å². The lowest BCUT2D eigenvalue weighted by atomic mass is 9.95. The number of hydrogen-bond acceptors (Lipinski definition) is 6. The summed E-state index contributed by atoms with van der Waals surface area (Å²) in [6.07, 6.45) is 2.29. The number of aromatic nitrogens is 2. The smallest absolute Gasteiger partial charge is 0.253 e. The van der Waals surface area contributed by atoms with Crippen molar-refractivity contribution in [3.05, 3.63) is 65.0 Å². The molecule has 0 saturated carbocycles. The fraction of sp³-hybridized carbons (Fsp3) is 0.360. The largest absolute Gasteiger partial charge is 0.352 e. The van der Waals surface area contributed by atoms with E-state index in [0.29, 0.717) is 53.9 Å². The summed E-state index contributed by atoms with van der Waals surface area (Å²) in [5, 5.41) is 10.5. The lowest BCUT2D eigenvalue weighted by Crippen LogP contribution is -2.38. The van der Waals surface area contributed by atoms with E-state index in [9.17, 15) is 9.59 Å². The highest BCUT2D eigenvalue weighted by molar-refractivity contribution is 6.30. The molecule has 0 aliphatic carbocycles. The van der Waals surface area contributed by atoms with Crippen molar-refractivity contribution in [1.29, 1.82) is 0 Å². The number of halogens is 1. The number of carbonyl (C=O) groups is 2. The lowest BCUT2D eigenvalue weighted by Gasteiger charge is -2.30. The third kappa shape index (κ3) is 6.01. The predicted molar refractivity (Wildman–Crippen MR) is 130 cm³/mol. The first-order valence-electron chi connectivity index (χ1n) is 11.5. The minimum Gasteiger partial charge on any atom is -0.352 e. The number of hydrogen-bond donors (Lipinski definition) is 2. The van der Waals surface area contributed by atoms with Gasteiger partial charge in [0.05, 0.1) is 17.8 Å². The summed E-state index contributed by atoms with van der Waals surface area (Å²) < 4.78 is 5.42. The highest BCUT2D eigenvalue weighted by Gasteiger charge is 2.27. The Kier molecular flexibility index (Phi) is 7.92. The van der Waals surface area contributed by atoms with Gasteiger partial charge >= 0.3 is 0 Å². The SMILES string of the molecule is CCCNC(=O)c1ccccc1NC(=O)C1CCN(Cc2nc(-c3ccc(Cl)cc3)no2)CC1. The van der Waals surface area contributed by atoms with Gasteiger partial charge in [-0.05, 0) is 68.8 Å². The number of anilines is 1. The first-order valence-corrected chi connectivity index (χ1v) is 11.9. The van der Waals surface area contributed by atoms with Gasteiger partial charge in [0.2, 0.25) is 17.6 Å². The molecule has 0 bridgehead atoms. The minimum absolute atomic E-state index is 0.0572. The van der Waals surface area contributed by atoms with E-state index >= 15 is 0 Å². The van der Waals surface area contributed by atoms with Crippen molar-refractivity contribution in [3.63, 3.8) is 0 Å². The van der Waals surface area contributed by atoms with Gasteiger partial charge in [-0.2, -0.15) is 4.98 Å². The van der Waals surface area contributed by atoms with E-state index in [1.165, 1.54) is 0 Å². The molecule has 34 heavy (non-hydrogen) atoms. The number of nitrogens with one attached hydrogen (secondary N) is 2. The highest BCUT2D eigenvalue weighted by atomic mass is 35.5. The Morgan fingerprint density at radius 3 is 2.59 bits per heavy atom. The minimum atomic E-state index is -0.176. The zero-order chi connectivity index (χ0) is 23.9. The molecule has 8 nitrogen and oxygen atoms in total. The van der Waals surface area contributed by atoms with Gasteiger partial charge in [-0.3, -0.25) is 14.5 Å². The molecule has 0 radical (unpaired) electrons. The molecule has 3 aromatic rings. The number of para-hydroxylation sites is 1. The summed E-state index contributed by atoms with van der Waals surface area (Å²) >= 11 is 5.94. The molecular formula is C25H28ClN5O3. The fourth-order valence-electron chi connectivity index (χ4n) is 3.94. The van der Waals surface area contributed by atoms with Crippen LogP contribution in [0.1, 0.15) is 42.4 Å². The zero-order valence-corrected chi connectivity index (χ0v) is 19.8. The van der Waals surface area contributed by atoms with Gasteiger partial charge in [0.1, 0.15) is 0 Å². The fourth-order valence-corrected chi connectivity index (χ4v) is 4.06. The van der Waals surface area contributed by atoms with Crippen LogP contribution in [0.4, 0.5) is 5.69 Å². The average molecular weight is 482 g/mol. The molecule has 4 rings (SSSR count). The van der Waals surface area contributed by atoms with E-state index in [4.69, 9.17) is 16.1 Å². The standard InChI is InChI=1S/C25H28ClN5O3/c1-2-13-27-25(33)20-5-3-4-6-21(20)28-24(32)18-11-14-31(15-12-18)16-22-29-23(30-34-22)17-7-9-19(26)10-8-17/h3-10,18H,2,11-16H2,1H3,(H,27,33)(H,28,32). The van der Waals surface area contributed by atoms with Crippen molar-refractivity contribution in [3.8, 4) is 11.4 Å². The van der Waals surface area contributed by atoms with Crippen molar-refractivity contribution >= 4 is 29.1 Å². The van der Waals surface area contributed by atoms with E-state index in [-0.39, 0.29) is 17.7 Å². The first kappa shape index (κ1) is 23.9. The second kappa shape index (κ2) is 11.3. The maximum atomic E-state index is 12.9. The molecule has 1 fully saturated rings. The molecule has 1 aromatic heterocycles. The molecule has 178 valence electrons. The molecule has 0 atom stereocenters. The number of benzene rings is 2. The number of rotatable bonds is 8. The number of carbonyl (C=O) groups excluding carboxylic acids is 2. The maximum absolute atomic E-state index is 12.9. The van der Waals surface area contributed by atoms with Crippen molar-refractivity contribution < 1.29 is 14.1 Å². The van der Waals surface area contributed by atoms with Crippen LogP contribution < -0.4 is 10.6 Å². The highest BCUT2D eigenvalue weighted by Crippen LogP contribution is 2.23. The predicted octanol–water partition coefficient (Wildman–Crippen LogP) is 4.38. The Hall–Kier alpha value is -3.23. The van der Waals surface area contributed by atoms with Gasteiger partial charge in [0.15, 0.2) is 0 Å². The van der Waals surface area contributed by atoms with Crippen LogP contribution >= 0.6 is 11.6 Å². The van der Waals surface area contributed by atoms with Crippen LogP contribution in [-0.4, -0.2) is 46.5 Å². The summed E-state index contributed by atoms with van der Waals surface area (Å²) in [4.78, 5) is 32.0. The first-order chi connectivity index (χ1) is 16.5. The maximum Gasteiger partial charge on any atom is 0.253 e. The second-order valence-corrected chi connectivity index (χ2v) is 8.80. The van der Waals surface area contributed by atoms with Crippen LogP contribution in [0.2, 0.25) is 5.02 Å². The molecule has 2 heterocycles. The summed E-state index contributed by atoms with van der Waals surface area (Å²) in [6, 6.07) is 14.4. The quantitative estimate of drug-likeness (QED) is 0.495. The monoisotopic (exact) mass is 481 g/mol. The van der Waals surface area contributed by atoms with Crippen LogP contribution in [0.5, 0.6) is 0 Å². The van der Waals surface area contributed by atoms with Gasteiger partial charge in [-0.15, -0.1) is 0 Å². The van der Waals surface area contributed by atoms with E-state index in [1.807, 2.05) is 25.1 Å². The summed E-state index contributed by atoms with van der Waals surface area (Å²) in [5.74, 6) is 0.723. The van der Waals surface area contributed by atoms with E-state index in [2.05, 4.69) is 25.7 Å². The van der Waals surface area contributed by atoms with Crippen molar-refractivity contribution in [2.24, 2.45) is 5.92 Å². The number of nitrogens with zero attached hydrogens (tertiary/aromatic N) is 3. The number of piperidine rings is 1. The van der Waals surface area contributed by atoms with Crippen LogP contribution in [0.15, 0.2) is 53.1 Å². The molecule has 1 aliphatic rings. The van der Waals surface area contributed by atoms with Crippen LogP contribution in [0.25, 0.3) is 11.4 Å². The Morgan fingerprint density at radius 1 is 1.12 bits per heavy atom. The molecule has 2 aromatic carbocycles. The zero-order valence-electron chi connectivity index (χ0n) is 19.1. The van der Waals surface area contributed by atoms with Gasteiger partial charge in [-0.1, -0.05) is 35.8 Å². The van der Waals surface area contributed by atoms with Gasteiger partial charge in [-0.25, -0.2) is 0 Å². The topological polar surface area (TPSA) is 100 Å². The molecule has 1 saturated heterocycles. The molecule has 9 heteroatoms. The van der Waals surface area contributed by atoms with Crippen LogP contribution in [0.3, 0.4) is 0 Å². The Labute approximate surface area is 203 Å². The lowest BCUT2D eigenvalue weighted by molar-refractivity contribution is -0.121. The molecule has 2 amide bonds. The third-order valence-electron chi connectivity index (χ3n) is 5.85. The average Bonchev–Trinajstić information content (AvgIpc) is 3.32. The second-order valence-electron chi connectivity index (χ2n) is 8.36. The molecular weight excluding hydrogens is 454 g/mol. The van der Waals surface area contributed by atoms with E-state index in [1.54, 1.807) is 30.3 Å². The van der Waals surface area contributed by atoms with E-state index in [0.717, 1.165) is 25.1 Å². The summed E-state index contributed by atoms with van der Waals surface area (Å²) in [7, 11) is 0. The van der Waals surface area contributed by atoms with Gasteiger partial charge in [0, 0.05) is 23.0 Å². The Morgan fingerprint density at radius 2 is 1.85 bits per heavy atom.